The number of para-hydroxylation sites is 1. The van der Waals surface area contributed by atoms with Gasteiger partial charge in [-0.15, -0.1) is 0 Å². The summed E-state index contributed by atoms with van der Waals surface area (Å²) in [7, 11) is 0.837. The average Bonchev–Trinajstić information content (AvgIpc) is 3.06. The summed E-state index contributed by atoms with van der Waals surface area (Å²) in [6, 6.07) is 22.2. The second-order valence-corrected chi connectivity index (χ2v) is 14.6. The van der Waals surface area contributed by atoms with Crippen molar-refractivity contribution in [1.29, 1.82) is 0 Å². The Labute approximate surface area is 178 Å². The molecule has 0 amide bonds. The van der Waals surface area contributed by atoms with E-state index in [-0.39, 0.29) is 0 Å². The Bertz CT molecular complexity index is 1450. The van der Waals surface area contributed by atoms with E-state index in [9.17, 15) is 0 Å². The van der Waals surface area contributed by atoms with E-state index in [1.54, 1.807) is 0 Å². The molecule has 0 saturated heterocycles. The first-order valence-corrected chi connectivity index (χ1v) is 14.1. The van der Waals surface area contributed by atoms with Gasteiger partial charge in [0.1, 0.15) is 18.2 Å². The molecular weight excluding hydrogens is 382 g/mol. The summed E-state index contributed by atoms with van der Waals surface area (Å²) >= 11 is 0. The van der Waals surface area contributed by atoms with Crippen molar-refractivity contribution >= 4 is 46.1 Å². The zero-order chi connectivity index (χ0) is 21.2. The van der Waals surface area contributed by atoms with Crippen LogP contribution in [0.5, 0.6) is 0 Å². The number of hydrogen-bond acceptors (Lipinski definition) is 1. The predicted molar refractivity (Wildman–Crippen MR) is 130 cm³/mol. The molecule has 0 aliphatic carbocycles. The van der Waals surface area contributed by atoms with Gasteiger partial charge in [-0.2, -0.15) is 4.57 Å². The van der Waals surface area contributed by atoms with Gasteiger partial charge in [0.25, 0.3) is 0 Å². The standard InChI is InChI=1S/C27H28NOSi/c1-17-13-25(28(3)24-12-11-19(15-21(17)24)30(4,5)6)22-16-23-20-9-7-8-10-26(20)29-27(23)14-18(22)2/h7-16H,1-6H3/q+1. The Morgan fingerprint density at radius 3 is 2.27 bits per heavy atom. The molecule has 0 unspecified atom stereocenters. The van der Waals surface area contributed by atoms with Crippen LogP contribution in [0.1, 0.15) is 11.1 Å². The van der Waals surface area contributed by atoms with E-state index in [2.05, 4.69) is 93.6 Å². The maximum Gasteiger partial charge on any atom is 0.213 e. The van der Waals surface area contributed by atoms with Crippen LogP contribution in [-0.4, -0.2) is 8.07 Å². The maximum atomic E-state index is 6.09. The number of fused-ring (bicyclic) bond motifs is 4. The number of aromatic nitrogens is 1. The van der Waals surface area contributed by atoms with Crippen LogP contribution in [0.4, 0.5) is 0 Å². The molecule has 0 fully saturated rings. The van der Waals surface area contributed by atoms with Crippen LogP contribution >= 0.6 is 0 Å². The van der Waals surface area contributed by atoms with Gasteiger partial charge in [-0.3, -0.25) is 0 Å². The second kappa shape index (κ2) is 6.54. The number of benzene rings is 3. The van der Waals surface area contributed by atoms with Crippen molar-refractivity contribution in [3.05, 3.63) is 71.8 Å². The van der Waals surface area contributed by atoms with Gasteiger partial charge in [0.15, 0.2) is 0 Å². The molecule has 0 aliphatic rings. The number of aryl methyl sites for hydroxylation is 3. The summed E-state index contributed by atoms with van der Waals surface area (Å²) in [5, 5.41) is 5.22. The van der Waals surface area contributed by atoms with E-state index in [4.69, 9.17) is 4.42 Å². The number of rotatable bonds is 2. The lowest BCUT2D eigenvalue weighted by molar-refractivity contribution is -0.633. The summed E-state index contributed by atoms with van der Waals surface area (Å²) in [6.07, 6.45) is 0. The Balaban J connectivity index is 1.78. The van der Waals surface area contributed by atoms with E-state index in [1.165, 1.54) is 49.2 Å². The predicted octanol–water partition coefficient (Wildman–Crippen LogP) is 6.39. The lowest BCUT2D eigenvalue weighted by atomic mass is 9.98. The molecule has 30 heavy (non-hydrogen) atoms. The number of pyridine rings is 1. The normalized spacial score (nSPS) is 12.3. The minimum absolute atomic E-state index is 0.946. The van der Waals surface area contributed by atoms with Gasteiger partial charge < -0.3 is 4.42 Å². The molecule has 0 N–H and O–H groups in total. The molecule has 5 rings (SSSR count). The van der Waals surface area contributed by atoms with E-state index in [1.807, 2.05) is 12.1 Å². The Hall–Kier alpha value is -2.91. The SMILES string of the molecule is Cc1cc2oc3ccccc3c2cc1-c1cc(C)c2cc([Si](C)(C)C)ccc2[n+]1C. The van der Waals surface area contributed by atoms with Gasteiger partial charge in [-0.1, -0.05) is 49.1 Å². The molecule has 3 heteroatoms. The smallest absolute Gasteiger partial charge is 0.213 e. The third-order valence-corrected chi connectivity index (χ3v) is 8.41. The van der Waals surface area contributed by atoms with Crippen molar-refractivity contribution < 1.29 is 8.98 Å². The third-order valence-electron chi connectivity index (χ3n) is 6.36. The molecule has 0 saturated carbocycles. The summed E-state index contributed by atoms with van der Waals surface area (Å²) in [5.41, 5.74) is 8.24. The van der Waals surface area contributed by atoms with Crippen LogP contribution in [0.2, 0.25) is 19.6 Å². The minimum atomic E-state index is -1.35. The number of furan rings is 1. The quantitative estimate of drug-likeness (QED) is 0.243. The topological polar surface area (TPSA) is 17.0 Å². The van der Waals surface area contributed by atoms with Gasteiger partial charge in [-0.25, -0.2) is 0 Å². The van der Waals surface area contributed by atoms with Crippen LogP contribution < -0.4 is 9.75 Å². The Morgan fingerprint density at radius 2 is 1.50 bits per heavy atom. The van der Waals surface area contributed by atoms with Crippen LogP contribution in [0.3, 0.4) is 0 Å². The summed E-state index contributed by atoms with van der Waals surface area (Å²) in [6.45, 7) is 11.6. The first-order valence-electron chi connectivity index (χ1n) is 10.6. The lowest BCUT2D eigenvalue weighted by Crippen LogP contribution is -2.38. The molecule has 0 atom stereocenters. The van der Waals surface area contributed by atoms with Crippen molar-refractivity contribution in [3.63, 3.8) is 0 Å². The van der Waals surface area contributed by atoms with Crippen molar-refractivity contribution in [2.24, 2.45) is 7.05 Å². The molecule has 2 heterocycles. The zero-order valence-electron chi connectivity index (χ0n) is 18.6. The van der Waals surface area contributed by atoms with Crippen LogP contribution in [0, 0.1) is 13.8 Å². The Kier molecular flexibility index (Phi) is 4.16. The Morgan fingerprint density at radius 1 is 0.733 bits per heavy atom. The van der Waals surface area contributed by atoms with E-state index in [0.717, 1.165) is 11.2 Å². The highest BCUT2D eigenvalue weighted by atomic mass is 28.3. The van der Waals surface area contributed by atoms with E-state index >= 15 is 0 Å². The number of hydrogen-bond donors (Lipinski definition) is 0. The van der Waals surface area contributed by atoms with E-state index in [0.29, 0.717) is 0 Å². The van der Waals surface area contributed by atoms with Gasteiger partial charge >= 0.3 is 0 Å². The second-order valence-electron chi connectivity index (χ2n) is 9.52. The van der Waals surface area contributed by atoms with Crippen LogP contribution in [0.25, 0.3) is 44.1 Å². The van der Waals surface area contributed by atoms with Gasteiger partial charge in [0.05, 0.1) is 8.07 Å². The average molecular weight is 411 g/mol. The maximum absolute atomic E-state index is 6.09. The molecule has 2 aromatic heterocycles. The highest BCUT2D eigenvalue weighted by Gasteiger charge is 2.23. The molecular formula is C27H28NOSi+. The van der Waals surface area contributed by atoms with Crippen molar-refractivity contribution in [2.75, 3.05) is 0 Å². The largest absolute Gasteiger partial charge is 0.456 e. The van der Waals surface area contributed by atoms with Crippen LogP contribution in [-0.2, 0) is 7.05 Å². The summed E-state index contributed by atoms with van der Waals surface area (Å²) < 4.78 is 8.43. The van der Waals surface area contributed by atoms with Crippen molar-refractivity contribution in [2.45, 2.75) is 33.5 Å². The highest BCUT2D eigenvalue weighted by molar-refractivity contribution is 6.88. The first-order chi connectivity index (χ1) is 14.2. The molecule has 0 bridgehead atoms. The molecule has 0 spiro atoms. The lowest BCUT2D eigenvalue weighted by Gasteiger charge is -2.17. The molecule has 2 nitrogen and oxygen atoms in total. The van der Waals surface area contributed by atoms with Gasteiger partial charge in [0, 0.05) is 33.9 Å². The van der Waals surface area contributed by atoms with Gasteiger partial charge in [-0.05, 0) is 49.2 Å². The number of nitrogens with zero attached hydrogens (tertiary/aromatic N) is 1. The summed E-state index contributed by atoms with van der Waals surface area (Å²) in [5.74, 6) is 0. The van der Waals surface area contributed by atoms with Crippen molar-refractivity contribution in [1.82, 2.24) is 0 Å². The van der Waals surface area contributed by atoms with Crippen LogP contribution in [0.15, 0.2) is 65.1 Å². The third kappa shape index (κ3) is 2.88. The summed E-state index contributed by atoms with van der Waals surface area (Å²) in [4.78, 5) is 0. The molecule has 150 valence electrons. The zero-order valence-corrected chi connectivity index (χ0v) is 19.6. The van der Waals surface area contributed by atoms with E-state index < -0.39 is 8.07 Å². The molecule has 3 aromatic carbocycles. The highest BCUT2D eigenvalue weighted by Crippen LogP contribution is 2.34. The minimum Gasteiger partial charge on any atom is -0.456 e. The monoisotopic (exact) mass is 410 g/mol. The fraction of sp³-hybridized carbons (Fsp3) is 0.222. The van der Waals surface area contributed by atoms with Gasteiger partial charge in [0.2, 0.25) is 11.2 Å². The fourth-order valence-electron chi connectivity index (χ4n) is 4.53. The molecule has 5 aromatic rings. The molecule has 0 aliphatic heterocycles. The first kappa shape index (κ1) is 19.1. The molecule has 0 radical (unpaired) electrons. The fourth-order valence-corrected chi connectivity index (χ4v) is 5.69. The van der Waals surface area contributed by atoms with Crippen molar-refractivity contribution in [3.8, 4) is 11.3 Å².